The molecule has 0 aliphatic carbocycles. The summed E-state index contributed by atoms with van der Waals surface area (Å²) in [7, 11) is 0. The first-order valence-corrected chi connectivity index (χ1v) is 8.27. The lowest BCUT2D eigenvalue weighted by atomic mass is 10.1. The topological polar surface area (TPSA) is 62.3 Å². The van der Waals surface area contributed by atoms with Crippen LogP contribution in [0.3, 0.4) is 0 Å². The van der Waals surface area contributed by atoms with Crippen molar-refractivity contribution in [3.63, 3.8) is 0 Å². The molecule has 0 aliphatic rings. The summed E-state index contributed by atoms with van der Waals surface area (Å²) in [5.41, 5.74) is 0. The summed E-state index contributed by atoms with van der Waals surface area (Å²) in [5.74, 6) is -0.147. The van der Waals surface area contributed by atoms with Gasteiger partial charge in [0.15, 0.2) is 5.13 Å². The number of amides is 2. The van der Waals surface area contributed by atoms with E-state index in [9.17, 15) is 9.59 Å². The lowest BCUT2D eigenvalue weighted by molar-refractivity contribution is -0.136. The van der Waals surface area contributed by atoms with Crippen molar-refractivity contribution in [1.29, 1.82) is 0 Å². The summed E-state index contributed by atoms with van der Waals surface area (Å²) in [4.78, 5) is 31.0. The van der Waals surface area contributed by atoms with Crippen molar-refractivity contribution in [3.05, 3.63) is 11.1 Å². The fraction of sp³-hybridized carbons (Fsp3) is 0.667. The molecule has 0 fully saturated rings. The summed E-state index contributed by atoms with van der Waals surface area (Å²) >= 11 is 1.43. The highest BCUT2D eigenvalue weighted by Gasteiger charge is 2.20. The fourth-order valence-corrected chi connectivity index (χ4v) is 2.64. The van der Waals surface area contributed by atoms with E-state index in [2.05, 4.69) is 17.2 Å². The van der Waals surface area contributed by atoms with Crippen LogP contribution in [0.1, 0.15) is 51.3 Å². The number of carbonyl (C=O) groups excluding carboxylic acids is 2. The first-order chi connectivity index (χ1) is 9.93. The van der Waals surface area contributed by atoms with E-state index in [1.807, 2.05) is 20.8 Å². The molecule has 5 nitrogen and oxygen atoms in total. The summed E-state index contributed by atoms with van der Waals surface area (Å²) in [6.07, 6.45) is 5.24. The Labute approximate surface area is 130 Å². The first-order valence-electron chi connectivity index (χ1n) is 7.45. The number of hydrogen-bond acceptors (Lipinski definition) is 4. The van der Waals surface area contributed by atoms with E-state index >= 15 is 0 Å². The molecule has 1 N–H and O–H groups in total. The van der Waals surface area contributed by atoms with E-state index in [1.165, 1.54) is 11.3 Å². The standard InChI is InChI=1S/C15H25N3O2S/c1-5-6-7-8-14(20)18(11(2)3)10-13(19)17-15-16-9-12(4)21-15/h9,11H,5-8,10H2,1-4H3,(H,16,17,19). The van der Waals surface area contributed by atoms with Gasteiger partial charge in [-0.25, -0.2) is 4.98 Å². The smallest absolute Gasteiger partial charge is 0.245 e. The second kappa shape index (κ2) is 8.77. The van der Waals surface area contributed by atoms with Gasteiger partial charge < -0.3 is 10.2 Å². The second-order valence-electron chi connectivity index (χ2n) is 5.40. The van der Waals surface area contributed by atoms with E-state index in [-0.39, 0.29) is 24.4 Å². The maximum absolute atomic E-state index is 12.2. The lowest BCUT2D eigenvalue weighted by Gasteiger charge is -2.26. The second-order valence-corrected chi connectivity index (χ2v) is 6.63. The van der Waals surface area contributed by atoms with Gasteiger partial charge in [-0.05, 0) is 27.2 Å². The molecule has 0 saturated heterocycles. The van der Waals surface area contributed by atoms with Crippen LogP contribution in [0.5, 0.6) is 0 Å². The third-order valence-electron chi connectivity index (χ3n) is 3.12. The number of rotatable bonds is 8. The summed E-state index contributed by atoms with van der Waals surface area (Å²) in [5, 5.41) is 3.33. The van der Waals surface area contributed by atoms with Crippen LogP contribution in [-0.2, 0) is 9.59 Å². The van der Waals surface area contributed by atoms with Crippen molar-refractivity contribution in [2.75, 3.05) is 11.9 Å². The van der Waals surface area contributed by atoms with Crippen LogP contribution >= 0.6 is 11.3 Å². The maximum Gasteiger partial charge on any atom is 0.245 e. The first kappa shape index (κ1) is 17.6. The average molecular weight is 311 g/mol. The monoisotopic (exact) mass is 311 g/mol. The van der Waals surface area contributed by atoms with Crippen LogP contribution in [0.25, 0.3) is 0 Å². The molecule has 0 atom stereocenters. The lowest BCUT2D eigenvalue weighted by Crippen LogP contribution is -2.42. The molecule has 1 heterocycles. The molecule has 0 unspecified atom stereocenters. The zero-order chi connectivity index (χ0) is 15.8. The molecule has 1 aromatic heterocycles. The average Bonchev–Trinajstić information content (AvgIpc) is 2.81. The highest BCUT2D eigenvalue weighted by Crippen LogP contribution is 2.16. The van der Waals surface area contributed by atoms with E-state index in [1.54, 1.807) is 11.1 Å². The number of aromatic nitrogens is 1. The van der Waals surface area contributed by atoms with E-state index in [0.29, 0.717) is 11.6 Å². The van der Waals surface area contributed by atoms with Gasteiger partial charge in [-0.2, -0.15) is 0 Å². The maximum atomic E-state index is 12.2. The van der Waals surface area contributed by atoms with Crippen molar-refractivity contribution in [3.8, 4) is 0 Å². The molecular formula is C15H25N3O2S. The zero-order valence-electron chi connectivity index (χ0n) is 13.3. The molecule has 0 aromatic carbocycles. The van der Waals surface area contributed by atoms with E-state index < -0.39 is 0 Å². The van der Waals surface area contributed by atoms with Crippen LogP contribution in [0, 0.1) is 6.92 Å². The van der Waals surface area contributed by atoms with Gasteiger partial charge in [-0.15, -0.1) is 11.3 Å². The molecule has 6 heteroatoms. The minimum absolute atomic E-state index is 0.0166. The number of nitrogens with one attached hydrogen (secondary N) is 1. The third-order valence-corrected chi connectivity index (χ3v) is 3.95. The van der Waals surface area contributed by atoms with Gasteiger partial charge in [-0.3, -0.25) is 9.59 Å². The van der Waals surface area contributed by atoms with Crippen LogP contribution < -0.4 is 5.32 Å². The Kier molecular flexibility index (Phi) is 7.36. The number of anilines is 1. The highest BCUT2D eigenvalue weighted by atomic mass is 32.1. The molecule has 0 spiro atoms. The Hall–Kier alpha value is -1.43. The van der Waals surface area contributed by atoms with Crippen LogP contribution in [-0.4, -0.2) is 34.3 Å². The predicted octanol–water partition coefficient (Wildman–Crippen LogP) is 3.21. The third kappa shape index (κ3) is 6.25. The van der Waals surface area contributed by atoms with Gasteiger partial charge in [0.05, 0.1) is 0 Å². The van der Waals surface area contributed by atoms with Crippen LogP contribution in [0.2, 0.25) is 0 Å². The van der Waals surface area contributed by atoms with Gasteiger partial charge in [0.1, 0.15) is 6.54 Å². The summed E-state index contributed by atoms with van der Waals surface area (Å²) in [6.45, 7) is 7.98. The molecule has 21 heavy (non-hydrogen) atoms. The normalized spacial score (nSPS) is 10.7. The van der Waals surface area contributed by atoms with E-state index in [0.717, 1.165) is 24.1 Å². The van der Waals surface area contributed by atoms with Gasteiger partial charge in [0, 0.05) is 23.5 Å². The minimum Gasteiger partial charge on any atom is -0.331 e. The number of carbonyl (C=O) groups is 2. The summed E-state index contributed by atoms with van der Waals surface area (Å²) < 4.78 is 0. The number of nitrogens with zero attached hydrogens (tertiary/aromatic N) is 2. The highest BCUT2D eigenvalue weighted by molar-refractivity contribution is 7.15. The van der Waals surface area contributed by atoms with Gasteiger partial charge in [-0.1, -0.05) is 19.8 Å². The van der Waals surface area contributed by atoms with Crippen molar-refractivity contribution in [1.82, 2.24) is 9.88 Å². The Morgan fingerprint density at radius 1 is 1.38 bits per heavy atom. The number of unbranched alkanes of at least 4 members (excludes halogenated alkanes) is 2. The number of aryl methyl sites for hydroxylation is 1. The molecule has 0 bridgehead atoms. The SMILES string of the molecule is CCCCCC(=O)N(CC(=O)Nc1ncc(C)s1)C(C)C. The number of thiazole rings is 1. The molecule has 1 aromatic rings. The minimum atomic E-state index is -0.193. The zero-order valence-corrected chi connectivity index (χ0v) is 14.1. The van der Waals surface area contributed by atoms with Crippen molar-refractivity contribution in [2.45, 2.75) is 59.4 Å². The van der Waals surface area contributed by atoms with Gasteiger partial charge in [0.2, 0.25) is 11.8 Å². The number of hydrogen-bond donors (Lipinski definition) is 1. The largest absolute Gasteiger partial charge is 0.331 e. The Bertz CT molecular complexity index is 471. The van der Waals surface area contributed by atoms with Crippen molar-refractivity contribution >= 4 is 28.3 Å². The molecule has 2 amide bonds. The fourth-order valence-electron chi connectivity index (χ4n) is 1.95. The van der Waals surface area contributed by atoms with Crippen LogP contribution in [0.4, 0.5) is 5.13 Å². The molecule has 0 saturated carbocycles. The van der Waals surface area contributed by atoms with Gasteiger partial charge >= 0.3 is 0 Å². The Balaban J connectivity index is 2.53. The van der Waals surface area contributed by atoms with Crippen LogP contribution in [0.15, 0.2) is 6.20 Å². The molecular weight excluding hydrogens is 286 g/mol. The van der Waals surface area contributed by atoms with Crippen molar-refractivity contribution in [2.24, 2.45) is 0 Å². The predicted molar refractivity (Wildman–Crippen MR) is 86.5 cm³/mol. The van der Waals surface area contributed by atoms with Gasteiger partial charge in [0.25, 0.3) is 0 Å². The Morgan fingerprint density at radius 2 is 2.10 bits per heavy atom. The molecule has 0 aliphatic heterocycles. The Morgan fingerprint density at radius 3 is 2.62 bits per heavy atom. The molecule has 118 valence electrons. The molecule has 1 rings (SSSR count). The van der Waals surface area contributed by atoms with E-state index in [4.69, 9.17) is 0 Å². The summed E-state index contributed by atoms with van der Waals surface area (Å²) in [6, 6.07) is 0.0166. The molecule has 0 radical (unpaired) electrons. The van der Waals surface area contributed by atoms with Crippen molar-refractivity contribution < 1.29 is 9.59 Å². The quantitative estimate of drug-likeness (QED) is 0.750.